The van der Waals surface area contributed by atoms with Gasteiger partial charge in [-0.25, -0.2) is 18.6 Å². The zero-order chi connectivity index (χ0) is 13.1. The van der Waals surface area contributed by atoms with Crippen molar-refractivity contribution in [3.63, 3.8) is 0 Å². The zero-order valence-electron chi connectivity index (χ0n) is 9.31. The molecule has 0 amide bonds. The summed E-state index contributed by atoms with van der Waals surface area (Å²) in [6.45, 7) is 4.35. The largest absolute Gasteiger partial charge is 0.238 e. The molecular formula is C11H11ClO4S. The van der Waals surface area contributed by atoms with Crippen LogP contribution in [0.2, 0.25) is 0 Å². The van der Waals surface area contributed by atoms with Crippen LogP contribution in [0.25, 0.3) is 10.1 Å². The van der Waals surface area contributed by atoms with E-state index in [-0.39, 0.29) is 0 Å². The molecule has 0 atom stereocenters. The summed E-state index contributed by atoms with van der Waals surface area (Å²) in [7, 11) is -4.94. The van der Waals surface area contributed by atoms with E-state index in [4.69, 9.17) is 18.6 Å². The van der Waals surface area contributed by atoms with E-state index in [0.717, 1.165) is 0 Å². The van der Waals surface area contributed by atoms with Gasteiger partial charge in [0.25, 0.3) is 0 Å². The van der Waals surface area contributed by atoms with Crippen molar-refractivity contribution in [1.82, 2.24) is 0 Å². The standard InChI is InChI=1S/C11H11S.ClHO4/c1-8-7-12-11-6-4-3-5-10(11)9(8)2;2-1(3,4)5/h3-7H,1-2H3;(H,2,3,4,5)/q+1;/p-1. The molecule has 0 saturated carbocycles. The quantitative estimate of drug-likeness (QED) is 0.579. The van der Waals surface area contributed by atoms with Gasteiger partial charge in [0.05, 0.1) is 0 Å². The third-order valence-corrected chi connectivity index (χ3v) is 3.33. The van der Waals surface area contributed by atoms with Gasteiger partial charge in [0.1, 0.15) is 0 Å². The Kier molecular flexibility index (Phi) is 4.76. The van der Waals surface area contributed by atoms with Crippen LogP contribution >= 0.6 is 11.3 Å². The van der Waals surface area contributed by atoms with Gasteiger partial charge >= 0.3 is 0 Å². The molecule has 0 spiro atoms. The van der Waals surface area contributed by atoms with Crippen molar-refractivity contribution in [2.75, 3.05) is 0 Å². The molecule has 0 N–H and O–H groups in total. The van der Waals surface area contributed by atoms with E-state index < -0.39 is 10.2 Å². The van der Waals surface area contributed by atoms with Gasteiger partial charge in [-0.3, -0.25) is 0 Å². The summed E-state index contributed by atoms with van der Waals surface area (Å²) in [5, 5.41) is 3.61. The molecule has 0 bridgehead atoms. The summed E-state index contributed by atoms with van der Waals surface area (Å²) in [6.07, 6.45) is 0. The Bertz CT molecular complexity index is 504. The minimum Gasteiger partial charge on any atom is -0.222 e. The summed E-state index contributed by atoms with van der Waals surface area (Å²) >= 11 is 1.82. The van der Waals surface area contributed by atoms with E-state index >= 15 is 0 Å². The minimum atomic E-state index is -4.94. The van der Waals surface area contributed by atoms with E-state index in [1.807, 2.05) is 11.3 Å². The lowest BCUT2D eigenvalue weighted by Crippen LogP contribution is -2.68. The van der Waals surface area contributed by atoms with Gasteiger partial charge in [0.2, 0.25) is 16.0 Å². The highest BCUT2D eigenvalue weighted by atomic mass is 35.7. The van der Waals surface area contributed by atoms with Gasteiger partial charge < -0.3 is 0 Å². The Hall–Kier alpha value is -0.820. The third-order valence-electron chi connectivity index (χ3n) is 2.25. The van der Waals surface area contributed by atoms with Gasteiger partial charge in [-0.1, -0.05) is 12.1 Å². The predicted octanol–water partition coefficient (Wildman–Crippen LogP) is -0.957. The van der Waals surface area contributed by atoms with E-state index in [9.17, 15) is 0 Å². The van der Waals surface area contributed by atoms with Gasteiger partial charge in [-0.05, 0) is 25.5 Å². The zero-order valence-corrected chi connectivity index (χ0v) is 10.9. The first kappa shape index (κ1) is 14.2. The molecule has 92 valence electrons. The van der Waals surface area contributed by atoms with E-state index in [0.29, 0.717) is 0 Å². The Morgan fingerprint density at radius 2 is 1.53 bits per heavy atom. The number of aryl methyl sites for hydroxylation is 2. The van der Waals surface area contributed by atoms with Crippen molar-refractivity contribution in [2.45, 2.75) is 13.8 Å². The second-order valence-corrected chi connectivity index (χ2v) is 5.08. The van der Waals surface area contributed by atoms with Crippen molar-refractivity contribution in [3.05, 3.63) is 40.8 Å². The summed E-state index contributed by atoms with van der Waals surface area (Å²) < 4.78 is 35.3. The fourth-order valence-corrected chi connectivity index (χ4v) is 2.32. The molecule has 1 heterocycles. The van der Waals surface area contributed by atoms with Crippen LogP contribution in [0.15, 0.2) is 29.6 Å². The first-order chi connectivity index (χ1) is 7.79. The second kappa shape index (κ2) is 5.68. The first-order valence-electron chi connectivity index (χ1n) is 4.67. The normalized spacial score (nSPS) is 10.9. The van der Waals surface area contributed by atoms with Crippen molar-refractivity contribution >= 4 is 21.4 Å². The lowest BCUT2D eigenvalue weighted by molar-refractivity contribution is -2.00. The minimum absolute atomic E-state index is 1.38. The highest BCUT2D eigenvalue weighted by Crippen LogP contribution is 2.24. The van der Waals surface area contributed by atoms with Crippen LogP contribution in [-0.4, -0.2) is 0 Å². The van der Waals surface area contributed by atoms with Gasteiger partial charge in [0.15, 0.2) is 5.38 Å². The van der Waals surface area contributed by atoms with Crippen molar-refractivity contribution < 1.29 is 28.9 Å². The molecule has 4 nitrogen and oxygen atoms in total. The Morgan fingerprint density at radius 3 is 2.12 bits per heavy atom. The lowest BCUT2D eigenvalue weighted by Gasteiger charge is -2.17. The molecule has 2 rings (SSSR count). The van der Waals surface area contributed by atoms with Crippen LogP contribution in [-0.2, 0) is 0 Å². The molecule has 0 aliphatic carbocycles. The number of rotatable bonds is 0. The SMILES string of the molecule is Cc1c[s+]c2ccccc2c1C.[O-][Cl+3]([O-])([O-])[O-]. The Morgan fingerprint density at radius 1 is 1.00 bits per heavy atom. The molecule has 2 aromatic rings. The van der Waals surface area contributed by atoms with Crippen LogP contribution in [0, 0.1) is 24.1 Å². The molecule has 6 heteroatoms. The summed E-state index contributed by atoms with van der Waals surface area (Å²) in [5.74, 6) is 0. The third kappa shape index (κ3) is 4.91. The Labute approximate surface area is 105 Å². The number of halogens is 1. The van der Waals surface area contributed by atoms with Crippen LogP contribution in [0.5, 0.6) is 0 Å². The molecule has 0 saturated heterocycles. The van der Waals surface area contributed by atoms with Crippen LogP contribution < -0.4 is 18.6 Å². The topological polar surface area (TPSA) is 92.2 Å². The van der Waals surface area contributed by atoms with Crippen molar-refractivity contribution in [3.8, 4) is 0 Å². The summed E-state index contributed by atoms with van der Waals surface area (Å²) in [6, 6.07) is 8.55. The first-order valence-corrected chi connectivity index (χ1v) is 6.79. The maximum Gasteiger partial charge on any atom is 0.238 e. The van der Waals surface area contributed by atoms with Crippen LogP contribution in [0.4, 0.5) is 0 Å². The fraction of sp³-hybridized carbons (Fsp3) is 0.182. The Balaban J connectivity index is 0.000000249. The van der Waals surface area contributed by atoms with Gasteiger partial charge in [0, 0.05) is 17.0 Å². The number of fused-ring (bicyclic) bond motifs is 1. The molecule has 1 aromatic carbocycles. The molecule has 1 aromatic heterocycles. The monoisotopic (exact) mass is 274 g/mol. The molecule has 17 heavy (non-hydrogen) atoms. The number of hydrogen-bond donors (Lipinski definition) is 0. The lowest BCUT2D eigenvalue weighted by atomic mass is 10.1. The molecule has 0 radical (unpaired) electrons. The summed E-state index contributed by atoms with van der Waals surface area (Å²) in [5.41, 5.74) is 2.79. The molecular weight excluding hydrogens is 264 g/mol. The molecule has 0 aliphatic heterocycles. The van der Waals surface area contributed by atoms with E-state index in [2.05, 4.69) is 43.5 Å². The number of benzene rings is 1. The highest BCUT2D eigenvalue weighted by molar-refractivity contribution is 7.16. The van der Waals surface area contributed by atoms with Crippen molar-refractivity contribution in [2.24, 2.45) is 0 Å². The van der Waals surface area contributed by atoms with Gasteiger partial charge in [-0.15, -0.1) is 10.2 Å². The average molecular weight is 275 g/mol. The molecule has 0 unspecified atom stereocenters. The highest BCUT2D eigenvalue weighted by Gasteiger charge is 2.07. The predicted molar refractivity (Wildman–Crippen MR) is 55.7 cm³/mol. The van der Waals surface area contributed by atoms with Crippen LogP contribution in [0.3, 0.4) is 0 Å². The van der Waals surface area contributed by atoms with E-state index in [1.54, 1.807) is 0 Å². The molecule has 0 fully saturated rings. The average Bonchev–Trinajstić information content (AvgIpc) is 2.22. The van der Waals surface area contributed by atoms with Gasteiger partial charge in [-0.2, -0.15) is 0 Å². The second-order valence-electron chi connectivity index (χ2n) is 3.42. The summed E-state index contributed by atoms with van der Waals surface area (Å²) in [4.78, 5) is 0. The number of hydrogen-bond acceptors (Lipinski definition) is 4. The van der Waals surface area contributed by atoms with E-state index in [1.165, 1.54) is 21.2 Å². The van der Waals surface area contributed by atoms with Crippen molar-refractivity contribution in [1.29, 1.82) is 0 Å². The van der Waals surface area contributed by atoms with Crippen LogP contribution in [0.1, 0.15) is 11.1 Å². The smallest absolute Gasteiger partial charge is 0.222 e. The fourth-order valence-electron chi connectivity index (χ4n) is 1.33. The maximum atomic E-state index is 8.49. The maximum absolute atomic E-state index is 8.49. The molecule has 0 aliphatic rings.